The molecule has 0 bridgehead atoms. The summed E-state index contributed by atoms with van der Waals surface area (Å²) in [7, 11) is 0. The van der Waals surface area contributed by atoms with E-state index >= 15 is 0 Å². The van der Waals surface area contributed by atoms with Gasteiger partial charge in [0.15, 0.2) is 17.0 Å². The fraction of sp³-hybridized carbons (Fsp3) is 0.353. The summed E-state index contributed by atoms with van der Waals surface area (Å²) in [4.78, 5) is 15.9. The Kier molecular flexibility index (Phi) is 4.70. The highest BCUT2D eigenvalue weighted by molar-refractivity contribution is 5.86. The summed E-state index contributed by atoms with van der Waals surface area (Å²) < 4.78 is 7.55. The number of benzene rings is 1. The van der Waals surface area contributed by atoms with Crippen molar-refractivity contribution in [2.24, 2.45) is 5.11 Å². The van der Waals surface area contributed by atoms with Crippen LogP contribution in [-0.2, 0) is 4.74 Å². The Balaban J connectivity index is 1.72. The maximum atomic E-state index is 9.48. The van der Waals surface area contributed by atoms with Crippen molar-refractivity contribution in [1.29, 1.82) is 0 Å². The lowest BCUT2D eigenvalue weighted by Crippen LogP contribution is -2.22. The van der Waals surface area contributed by atoms with E-state index in [0.29, 0.717) is 23.4 Å². The van der Waals surface area contributed by atoms with Gasteiger partial charge in [-0.25, -0.2) is 4.98 Å². The number of imidazole rings is 1. The average Bonchev–Trinajstić information content (AvgIpc) is 3.27. The number of azide groups is 1. The Morgan fingerprint density at radius 2 is 2.25 bits per heavy atom. The second-order valence-corrected chi connectivity index (χ2v) is 6.51. The number of para-hydroxylation sites is 1. The first-order valence-electron chi connectivity index (χ1n) is 8.74. The Labute approximate surface area is 159 Å². The van der Waals surface area contributed by atoms with E-state index in [-0.39, 0.29) is 12.6 Å². The van der Waals surface area contributed by atoms with Crippen LogP contribution in [0.15, 0.2) is 35.7 Å². The van der Waals surface area contributed by atoms with Gasteiger partial charge in [0.05, 0.1) is 25.1 Å². The summed E-state index contributed by atoms with van der Waals surface area (Å²) in [6.45, 7) is 1.74. The summed E-state index contributed by atoms with van der Waals surface area (Å²) >= 11 is 0. The lowest BCUT2D eigenvalue weighted by atomic mass is 10.1. The molecule has 2 aromatic heterocycles. The second-order valence-electron chi connectivity index (χ2n) is 6.51. The molecule has 3 aromatic rings. The number of anilines is 3. The van der Waals surface area contributed by atoms with E-state index in [1.165, 1.54) is 0 Å². The van der Waals surface area contributed by atoms with Crippen LogP contribution in [-0.4, -0.2) is 43.4 Å². The van der Waals surface area contributed by atoms with Gasteiger partial charge in [0.25, 0.3) is 0 Å². The monoisotopic (exact) mass is 381 g/mol. The molecule has 11 heteroatoms. The minimum atomic E-state index is -0.581. The van der Waals surface area contributed by atoms with E-state index in [2.05, 4.69) is 30.3 Å². The minimum Gasteiger partial charge on any atom is -0.394 e. The quantitative estimate of drug-likeness (QED) is 0.347. The normalized spacial score (nSPS) is 21.6. The molecule has 0 unspecified atom stereocenters. The van der Waals surface area contributed by atoms with Gasteiger partial charge in [0.2, 0.25) is 5.95 Å². The zero-order valence-corrected chi connectivity index (χ0v) is 15.1. The maximum absolute atomic E-state index is 9.48. The third-order valence-corrected chi connectivity index (χ3v) is 4.73. The average molecular weight is 381 g/mol. The molecule has 1 aromatic carbocycles. The van der Waals surface area contributed by atoms with Gasteiger partial charge in [-0.3, -0.25) is 4.57 Å². The van der Waals surface area contributed by atoms with Gasteiger partial charge in [-0.05, 0) is 24.1 Å². The van der Waals surface area contributed by atoms with Crippen molar-refractivity contribution in [3.05, 3.63) is 46.6 Å². The first-order chi connectivity index (χ1) is 13.6. The Bertz CT molecular complexity index is 1060. The molecular formula is C17H19N9O2. The summed E-state index contributed by atoms with van der Waals surface area (Å²) in [6.07, 6.45) is 0.908. The smallest absolute Gasteiger partial charge is 0.224 e. The Morgan fingerprint density at radius 1 is 1.43 bits per heavy atom. The van der Waals surface area contributed by atoms with E-state index in [4.69, 9.17) is 16.0 Å². The van der Waals surface area contributed by atoms with E-state index in [1.54, 1.807) is 10.9 Å². The number of ether oxygens (including phenoxy) is 1. The second kappa shape index (κ2) is 7.31. The molecule has 0 aliphatic carbocycles. The van der Waals surface area contributed by atoms with Crippen LogP contribution in [0.3, 0.4) is 0 Å². The number of nitrogen functional groups attached to an aromatic ring is 1. The molecular weight excluding hydrogens is 362 g/mol. The SMILES string of the molecule is Cc1ccccc1Nc1nc(N)nc2c1ncn2[C@H]1C[C@H](N=[N+]=[N-])[C@@H](CO)O1. The molecule has 0 saturated carbocycles. The van der Waals surface area contributed by atoms with E-state index in [0.717, 1.165) is 11.3 Å². The predicted octanol–water partition coefficient (Wildman–Crippen LogP) is 2.42. The molecule has 4 rings (SSSR count). The van der Waals surface area contributed by atoms with Gasteiger partial charge in [-0.15, -0.1) is 0 Å². The number of aliphatic hydroxyl groups is 1. The van der Waals surface area contributed by atoms with Crippen molar-refractivity contribution in [2.45, 2.75) is 31.7 Å². The van der Waals surface area contributed by atoms with Crippen LogP contribution >= 0.6 is 0 Å². The molecule has 4 N–H and O–H groups in total. The number of nitrogens with two attached hydrogens (primary N) is 1. The van der Waals surface area contributed by atoms with Crippen LogP contribution in [0.1, 0.15) is 18.2 Å². The molecule has 144 valence electrons. The maximum Gasteiger partial charge on any atom is 0.224 e. The van der Waals surface area contributed by atoms with Gasteiger partial charge in [0.1, 0.15) is 6.23 Å². The summed E-state index contributed by atoms with van der Waals surface area (Å²) in [6, 6.07) is 7.33. The number of aliphatic hydroxyl groups excluding tert-OH is 1. The van der Waals surface area contributed by atoms with Crippen LogP contribution in [0.25, 0.3) is 21.6 Å². The molecule has 1 fully saturated rings. The van der Waals surface area contributed by atoms with Crippen LogP contribution in [0.5, 0.6) is 0 Å². The predicted molar refractivity (Wildman–Crippen MR) is 103 cm³/mol. The largest absolute Gasteiger partial charge is 0.394 e. The molecule has 3 heterocycles. The molecule has 1 aliphatic rings. The van der Waals surface area contributed by atoms with Crippen molar-refractivity contribution in [3.63, 3.8) is 0 Å². The number of rotatable bonds is 5. The number of fused-ring (bicyclic) bond motifs is 1. The minimum absolute atomic E-state index is 0.0913. The number of hydrogen-bond acceptors (Lipinski definition) is 8. The highest BCUT2D eigenvalue weighted by Gasteiger charge is 2.36. The van der Waals surface area contributed by atoms with E-state index in [1.807, 2.05) is 31.2 Å². The van der Waals surface area contributed by atoms with Crippen molar-refractivity contribution in [3.8, 4) is 0 Å². The number of nitrogens with zero attached hydrogens (tertiary/aromatic N) is 7. The number of aryl methyl sites for hydroxylation is 1. The summed E-state index contributed by atoms with van der Waals surface area (Å²) in [5.74, 6) is 0.576. The summed E-state index contributed by atoms with van der Waals surface area (Å²) in [5, 5.41) is 16.4. The molecule has 1 saturated heterocycles. The van der Waals surface area contributed by atoms with Gasteiger partial charge < -0.3 is 20.9 Å². The van der Waals surface area contributed by atoms with Gasteiger partial charge >= 0.3 is 0 Å². The zero-order chi connectivity index (χ0) is 19.7. The van der Waals surface area contributed by atoms with Gasteiger partial charge in [-0.2, -0.15) is 9.97 Å². The fourth-order valence-electron chi connectivity index (χ4n) is 3.31. The molecule has 0 amide bonds. The van der Waals surface area contributed by atoms with Crippen LogP contribution in [0, 0.1) is 6.92 Å². The van der Waals surface area contributed by atoms with Crippen molar-refractivity contribution in [2.75, 3.05) is 17.7 Å². The van der Waals surface area contributed by atoms with E-state index in [9.17, 15) is 5.11 Å². The third-order valence-electron chi connectivity index (χ3n) is 4.73. The van der Waals surface area contributed by atoms with Crippen LogP contribution in [0.2, 0.25) is 0 Å². The standard InChI is InChI=1S/C17H19N9O2/c1-9-4-2-3-5-10(9)21-15-14-16(23-17(18)22-15)26(8-20-14)13-6-11(24-25-19)12(7-27)28-13/h2-5,8,11-13,27H,6-7H2,1H3,(H3,18,21,22,23)/t11-,12+,13+/m0/s1. The highest BCUT2D eigenvalue weighted by Crippen LogP contribution is 2.34. The van der Waals surface area contributed by atoms with Crippen LogP contribution in [0.4, 0.5) is 17.5 Å². The fourth-order valence-corrected chi connectivity index (χ4v) is 3.31. The van der Waals surface area contributed by atoms with Gasteiger partial charge in [-0.1, -0.05) is 23.3 Å². The first kappa shape index (κ1) is 18.0. The highest BCUT2D eigenvalue weighted by atomic mass is 16.5. The molecule has 11 nitrogen and oxygen atoms in total. The third kappa shape index (κ3) is 3.18. The summed E-state index contributed by atoms with van der Waals surface area (Å²) in [5.41, 5.74) is 17.6. The van der Waals surface area contributed by atoms with E-state index < -0.39 is 18.4 Å². The van der Waals surface area contributed by atoms with Crippen molar-refractivity contribution < 1.29 is 9.84 Å². The van der Waals surface area contributed by atoms with Crippen LogP contribution < -0.4 is 11.1 Å². The first-order valence-corrected chi connectivity index (χ1v) is 8.74. The number of hydrogen-bond donors (Lipinski definition) is 3. The Morgan fingerprint density at radius 3 is 3.00 bits per heavy atom. The topological polar surface area (TPSA) is 160 Å². The number of nitrogens with one attached hydrogen (secondary N) is 1. The molecule has 28 heavy (non-hydrogen) atoms. The van der Waals surface area contributed by atoms with Gasteiger partial charge in [0, 0.05) is 17.0 Å². The Hall–Kier alpha value is -3.40. The lowest BCUT2D eigenvalue weighted by Gasteiger charge is -2.14. The molecule has 0 radical (unpaired) electrons. The molecule has 0 spiro atoms. The number of aromatic nitrogens is 4. The van der Waals surface area contributed by atoms with Crippen molar-refractivity contribution in [1.82, 2.24) is 19.5 Å². The lowest BCUT2D eigenvalue weighted by molar-refractivity contribution is -0.0232. The zero-order valence-electron chi connectivity index (χ0n) is 15.1. The molecule has 1 aliphatic heterocycles. The van der Waals surface area contributed by atoms with Crippen molar-refractivity contribution >= 4 is 28.6 Å². The molecule has 3 atom stereocenters.